The number of likely N-dealkylation sites (tertiary alicyclic amines) is 1. The highest BCUT2D eigenvalue weighted by molar-refractivity contribution is 5.76. The molecule has 1 amide bonds. The summed E-state index contributed by atoms with van der Waals surface area (Å²) < 4.78 is 25.1. The number of aliphatic hydroxyl groups excluding tert-OH is 1. The molecule has 3 atom stereocenters. The molecule has 6 rings (SSSR count). The van der Waals surface area contributed by atoms with E-state index in [1.165, 1.54) is 0 Å². The van der Waals surface area contributed by atoms with Crippen molar-refractivity contribution in [2.24, 2.45) is 0 Å². The van der Waals surface area contributed by atoms with E-state index in [1.54, 1.807) is 0 Å². The number of hydrogen-bond donors (Lipinski definition) is 3. The summed E-state index contributed by atoms with van der Waals surface area (Å²) in [5.74, 6) is -1.34. The zero-order valence-electron chi connectivity index (χ0n) is 27.4. The number of aliphatic hydroxyl groups is 1. The highest BCUT2D eigenvalue weighted by Crippen LogP contribution is 2.39. The van der Waals surface area contributed by atoms with E-state index >= 15 is 0 Å². The molecule has 10 nitrogen and oxygen atoms in total. The molecule has 0 bridgehead atoms. The Labute approximate surface area is 282 Å². The van der Waals surface area contributed by atoms with Crippen LogP contribution in [0.25, 0.3) is 11.1 Å². The molecule has 0 aliphatic carbocycles. The van der Waals surface area contributed by atoms with Crippen molar-refractivity contribution in [3.63, 3.8) is 0 Å². The Kier molecular flexibility index (Phi) is 11.5. The van der Waals surface area contributed by atoms with Crippen molar-refractivity contribution in [3.8, 4) is 11.1 Å². The van der Waals surface area contributed by atoms with Crippen LogP contribution in [0.15, 0.2) is 72.8 Å². The molecule has 3 N–H and O–H groups in total. The van der Waals surface area contributed by atoms with Crippen LogP contribution in [0, 0.1) is 0 Å². The van der Waals surface area contributed by atoms with Crippen molar-refractivity contribution in [2.75, 3.05) is 32.8 Å². The number of hydrogen-bond acceptors (Lipinski definition) is 8. The number of benzene rings is 3. The first-order chi connectivity index (χ1) is 23.4. The van der Waals surface area contributed by atoms with Crippen LogP contribution < -0.4 is 5.32 Å². The van der Waals surface area contributed by atoms with Crippen LogP contribution in [-0.2, 0) is 41.7 Å². The molecule has 3 saturated heterocycles. The number of ether oxygens (including phenoxy) is 4. The zero-order valence-corrected chi connectivity index (χ0v) is 27.4. The van der Waals surface area contributed by atoms with Crippen LogP contribution in [0.4, 0.5) is 0 Å². The second-order valence-electron chi connectivity index (χ2n) is 12.9. The maximum absolute atomic E-state index is 12.4. The van der Waals surface area contributed by atoms with Crippen molar-refractivity contribution >= 4 is 11.9 Å². The standard InChI is InChI=1S/C38H46N2O8/c41-26-27-9-11-29(12-10-27)34-23-32(25-40-19-17-38(18-20-40)45-21-22-46-38)47-37(48-34)30-15-13-28(14-16-30)33-6-2-1-5-31(33)24-39-35(42)7-3-4-8-36(43)44/h1-2,5-6,9-16,32,34,37,41H,3-4,7-8,17-26H2,(H,39,42)(H,43,44)/t32-,34+,37+/m1/s1. The first kappa shape index (κ1) is 34.2. The maximum atomic E-state index is 12.4. The lowest BCUT2D eigenvalue weighted by atomic mass is 9.97. The fourth-order valence-corrected chi connectivity index (χ4v) is 6.80. The van der Waals surface area contributed by atoms with Gasteiger partial charge in [-0.15, -0.1) is 0 Å². The molecule has 3 fully saturated rings. The number of nitrogens with one attached hydrogen (secondary N) is 1. The smallest absolute Gasteiger partial charge is 0.303 e. The van der Waals surface area contributed by atoms with Crippen LogP contribution >= 0.6 is 0 Å². The lowest BCUT2D eigenvalue weighted by Crippen LogP contribution is -2.48. The summed E-state index contributed by atoms with van der Waals surface area (Å²) in [7, 11) is 0. The SMILES string of the molecule is O=C(O)CCCCC(=O)NCc1ccccc1-c1ccc([C@H]2O[C@@H](CN3CCC4(CC3)OCCO4)C[C@@H](c3ccc(CO)cc3)O2)cc1. The quantitative estimate of drug-likeness (QED) is 0.204. The molecule has 0 unspecified atom stereocenters. The van der Waals surface area contributed by atoms with Crippen LogP contribution in [-0.4, -0.2) is 71.7 Å². The molecule has 3 aromatic rings. The van der Waals surface area contributed by atoms with Gasteiger partial charge in [-0.3, -0.25) is 9.59 Å². The minimum absolute atomic E-state index is 0.000486. The summed E-state index contributed by atoms with van der Waals surface area (Å²) in [6.07, 6.45) is 3.09. The molecule has 3 aliphatic rings. The number of rotatable bonds is 13. The number of carboxylic acids is 1. The molecule has 1 spiro atoms. The molecule has 10 heteroatoms. The Hall–Kier alpha value is -3.64. The van der Waals surface area contributed by atoms with Gasteiger partial charge in [0.25, 0.3) is 0 Å². The van der Waals surface area contributed by atoms with Crippen molar-refractivity contribution in [2.45, 2.75) is 82.4 Å². The monoisotopic (exact) mass is 658 g/mol. The summed E-state index contributed by atoms with van der Waals surface area (Å²) in [6, 6.07) is 24.2. The largest absolute Gasteiger partial charge is 0.481 e. The summed E-state index contributed by atoms with van der Waals surface area (Å²) >= 11 is 0. The second-order valence-corrected chi connectivity index (χ2v) is 12.9. The third-order valence-corrected chi connectivity index (χ3v) is 9.54. The average Bonchev–Trinajstić information content (AvgIpc) is 3.58. The summed E-state index contributed by atoms with van der Waals surface area (Å²) in [5.41, 5.74) is 5.90. The number of carboxylic acid groups (broad SMARTS) is 1. The molecule has 0 saturated carbocycles. The molecule has 0 radical (unpaired) electrons. The lowest BCUT2D eigenvalue weighted by molar-refractivity contribution is -0.255. The van der Waals surface area contributed by atoms with Gasteiger partial charge < -0.3 is 39.4 Å². The van der Waals surface area contributed by atoms with Gasteiger partial charge in [-0.2, -0.15) is 0 Å². The number of unbranched alkanes of at least 4 members (excludes halogenated alkanes) is 1. The van der Waals surface area contributed by atoms with Gasteiger partial charge in [-0.25, -0.2) is 0 Å². The molecule has 3 aromatic carbocycles. The number of carbonyl (C=O) groups is 2. The highest BCUT2D eigenvalue weighted by atomic mass is 16.7. The number of nitrogens with zero attached hydrogens (tertiary/aromatic N) is 1. The van der Waals surface area contributed by atoms with Crippen LogP contribution in [0.1, 0.15) is 79.6 Å². The Balaban J connectivity index is 1.12. The molecule has 3 heterocycles. The minimum Gasteiger partial charge on any atom is -0.481 e. The van der Waals surface area contributed by atoms with E-state index in [-0.39, 0.29) is 31.1 Å². The van der Waals surface area contributed by atoms with Gasteiger partial charge in [-0.1, -0.05) is 72.8 Å². The summed E-state index contributed by atoms with van der Waals surface area (Å²) in [4.78, 5) is 25.5. The fourth-order valence-electron chi connectivity index (χ4n) is 6.80. The van der Waals surface area contributed by atoms with E-state index in [4.69, 9.17) is 24.1 Å². The van der Waals surface area contributed by atoms with Crippen molar-refractivity contribution in [1.29, 1.82) is 0 Å². The number of amides is 1. The first-order valence-corrected chi connectivity index (χ1v) is 17.1. The van der Waals surface area contributed by atoms with Crippen molar-refractivity contribution < 1.29 is 38.7 Å². The predicted molar refractivity (Wildman–Crippen MR) is 179 cm³/mol. The Morgan fingerprint density at radius 2 is 1.54 bits per heavy atom. The second kappa shape index (κ2) is 16.2. The number of carbonyl (C=O) groups excluding carboxylic acids is 1. The molecule has 3 aliphatic heterocycles. The maximum Gasteiger partial charge on any atom is 0.303 e. The fraction of sp³-hybridized carbons (Fsp3) is 0.474. The molecular weight excluding hydrogens is 612 g/mol. The Morgan fingerprint density at radius 3 is 2.25 bits per heavy atom. The van der Waals surface area contributed by atoms with E-state index < -0.39 is 18.0 Å². The van der Waals surface area contributed by atoms with Gasteiger partial charge >= 0.3 is 5.97 Å². The van der Waals surface area contributed by atoms with Gasteiger partial charge in [0.05, 0.1) is 32.0 Å². The average molecular weight is 659 g/mol. The van der Waals surface area contributed by atoms with Crippen LogP contribution in [0.3, 0.4) is 0 Å². The number of aliphatic carboxylic acids is 1. The third-order valence-electron chi connectivity index (χ3n) is 9.54. The van der Waals surface area contributed by atoms with Crippen molar-refractivity contribution in [1.82, 2.24) is 10.2 Å². The van der Waals surface area contributed by atoms with Crippen molar-refractivity contribution in [3.05, 3.63) is 95.1 Å². The number of piperidine rings is 1. The lowest BCUT2D eigenvalue weighted by Gasteiger charge is -2.41. The molecular formula is C38H46N2O8. The van der Waals surface area contributed by atoms with E-state index in [2.05, 4.69) is 22.3 Å². The topological polar surface area (TPSA) is 127 Å². The summed E-state index contributed by atoms with van der Waals surface area (Å²) in [5, 5.41) is 21.3. The zero-order chi connectivity index (χ0) is 33.3. The molecule has 256 valence electrons. The molecule has 48 heavy (non-hydrogen) atoms. The Bertz CT molecular complexity index is 1500. The van der Waals surface area contributed by atoms with Crippen LogP contribution in [0.5, 0.6) is 0 Å². The van der Waals surface area contributed by atoms with Gasteiger partial charge in [0.15, 0.2) is 12.1 Å². The normalized spacial score (nSPS) is 22.5. The first-order valence-electron chi connectivity index (χ1n) is 17.1. The van der Waals surface area contributed by atoms with E-state index in [9.17, 15) is 14.7 Å². The van der Waals surface area contributed by atoms with Crippen LogP contribution in [0.2, 0.25) is 0 Å². The summed E-state index contributed by atoms with van der Waals surface area (Å²) in [6.45, 7) is 4.29. The van der Waals surface area contributed by atoms with E-state index in [0.29, 0.717) is 39.0 Å². The third kappa shape index (κ3) is 8.87. The highest BCUT2D eigenvalue weighted by Gasteiger charge is 2.41. The molecule has 0 aromatic heterocycles. The van der Waals surface area contributed by atoms with Gasteiger partial charge in [0.2, 0.25) is 5.91 Å². The predicted octanol–water partition coefficient (Wildman–Crippen LogP) is 5.49. The Morgan fingerprint density at radius 1 is 0.854 bits per heavy atom. The van der Waals surface area contributed by atoms with E-state index in [0.717, 1.165) is 72.3 Å². The van der Waals surface area contributed by atoms with E-state index in [1.807, 2.05) is 60.7 Å². The minimum atomic E-state index is -0.841. The van der Waals surface area contributed by atoms with Gasteiger partial charge in [0, 0.05) is 63.8 Å². The van der Waals surface area contributed by atoms with Gasteiger partial charge in [-0.05, 0) is 40.7 Å². The van der Waals surface area contributed by atoms with Gasteiger partial charge in [0.1, 0.15) is 0 Å².